The molecule has 1 N–H and O–H groups in total. The summed E-state index contributed by atoms with van der Waals surface area (Å²) in [4.78, 5) is 0.907. The Hall–Kier alpha value is -1.52. The highest BCUT2D eigenvalue weighted by Gasteiger charge is 2.25. The quantitative estimate of drug-likeness (QED) is 0.936. The Balaban J connectivity index is 2.04. The van der Waals surface area contributed by atoms with Crippen LogP contribution in [0.1, 0.15) is 29.0 Å². The first-order valence-corrected chi connectivity index (χ1v) is 7.16. The topological polar surface area (TPSA) is 38.7 Å². The zero-order chi connectivity index (χ0) is 13.4. The van der Waals surface area contributed by atoms with Crippen molar-refractivity contribution in [2.45, 2.75) is 25.6 Å². The molecule has 0 radical (unpaired) electrons. The fourth-order valence-corrected chi connectivity index (χ4v) is 3.17. The number of methoxy groups -OCH3 is 1. The zero-order valence-corrected chi connectivity index (χ0v) is 11.7. The Morgan fingerprint density at radius 1 is 1.47 bits per heavy atom. The van der Waals surface area contributed by atoms with Crippen molar-refractivity contribution in [1.29, 1.82) is 0 Å². The minimum Gasteiger partial charge on any atom is -0.496 e. The number of aliphatic hydroxyl groups is 1. The zero-order valence-electron chi connectivity index (χ0n) is 10.9. The molecule has 1 aliphatic rings. The minimum absolute atomic E-state index is 0.189. The molecule has 1 aromatic heterocycles. The molecule has 3 rings (SSSR count). The normalized spacial score (nSPS) is 18.8. The minimum atomic E-state index is -0.667. The van der Waals surface area contributed by atoms with E-state index < -0.39 is 6.10 Å². The van der Waals surface area contributed by atoms with Crippen LogP contribution in [0, 0.1) is 0 Å². The maximum absolute atomic E-state index is 10.5. The summed E-state index contributed by atoms with van der Waals surface area (Å²) in [6.07, 6.45) is 0.412. The van der Waals surface area contributed by atoms with Crippen molar-refractivity contribution in [3.05, 3.63) is 45.6 Å². The van der Waals surface area contributed by atoms with Gasteiger partial charge in [-0.2, -0.15) is 0 Å². The van der Waals surface area contributed by atoms with Crippen LogP contribution in [0.4, 0.5) is 0 Å². The lowest BCUT2D eigenvalue weighted by molar-refractivity contribution is 0.216. The number of aliphatic hydroxyl groups excluding tert-OH is 1. The van der Waals surface area contributed by atoms with Gasteiger partial charge < -0.3 is 14.6 Å². The van der Waals surface area contributed by atoms with Gasteiger partial charge in [-0.1, -0.05) is 6.07 Å². The molecule has 0 fully saturated rings. The molecule has 2 heterocycles. The van der Waals surface area contributed by atoms with Crippen molar-refractivity contribution in [2.24, 2.45) is 0 Å². The number of ether oxygens (including phenoxy) is 2. The molecule has 2 unspecified atom stereocenters. The second kappa shape index (κ2) is 4.87. The van der Waals surface area contributed by atoms with E-state index in [0.717, 1.165) is 33.9 Å². The van der Waals surface area contributed by atoms with E-state index in [1.54, 1.807) is 7.11 Å². The molecule has 0 amide bonds. The van der Waals surface area contributed by atoms with Gasteiger partial charge in [0.15, 0.2) is 0 Å². The summed E-state index contributed by atoms with van der Waals surface area (Å²) in [6.45, 7) is 2.04. The van der Waals surface area contributed by atoms with E-state index in [1.165, 1.54) is 11.3 Å². The molecule has 1 aromatic carbocycles. The van der Waals surface area contributed by atoms with Gasteiger partial charge in [0.1, 0.15) is 23.7 Å². The molecule has 100 valence electrons. The van der Waals surface area contributed by atoms with Gasteiger partial charge >= 0.3 is 0 Å². The van der Waals surface area contributed by atoms with Gasteiger partial charge in [-0.3, -0.25) is 0 Å². The van der Waals surface area contributed by atoms with Crippen LogP contribution in [-0.2, 0) is 6.42 Å². The summed E-state index contributed by atoms with van der Waals surface area (Å²) in [7, 11) is 1.63. The first-order valence-electron chi connectivity index (χ1n) is 6.28. The van der Waals surface area contributed by atoms with Crippen LogP contribution < -0.4 is 9.47 Å². The smallest absolute Gasteiger partial charge is 0.125 e. The maximum Gasteiger partial charge on any atom is 0.125 e. The fraction of sp³-hybridized carbons (Fsp3) is 0.333. The number of hydrogen-bond acceptors (Lipinski definition) is 4. The lowest BCUT2D eigenvalue weighted by Crippen LogP contribution is -2.05. The van der Waals surface area contributed by atoms with Crippen molar-refractivity contribution in [2.75, 3.05) is 7.11 Å². The van der Waals surface area contributed by atoms with Crippen LogP contribution in [0.3, 0.4) is 0 Å². The first kappa shape index (κ1) is 12.5. The average molecular weight is 276 g/mol. The largest absolute Gasteiger partial charge is 0.496 e. The standard InChI is InChI=1S/C15H16O3S/c1-9-6-10-7-13(17-2)11(8-12(10)18-9)15(16)14-4-3-5-19-14/h3-5,7-9,15-16H,6H2,1-2H3. The van der Waals surface area contributed by atoms with E-state index >= 15 is 0 Å². The third-order valence-electron chi connectivity index (χ3n) is 3.36. The number of thiophene rings is 1. The SMILES string of the molecule is COc1cc2c(cc1C(O)c1cccs1)OC(C)C2. The molecular formula is C15H16O3S. The third kappa shape index (κ3) is 2.22. The van der Waals surface area contributed by atoms with Crippen LogP contribution in [0.25, 0.3) is 0 Å². The van der Waals surface area contributed by atoms with Crippen LogP contribution in [0.15, 0.2) is 29.6 Å². The van der Waals surface area contributed by atoms with Crippen molar-refractivity contribution in [3.63, 3.8) is 0 Å². The van der Waals surface area contributed by atoms with Crippen LogP contribution in [-0.4, -0.2) is 18.3 Å². The highest BCUT2D eigenvalue weighted by atomic mass is 32.1. The Bertz CT molecular complexity index is 577. The maximum atomic E-state index is 10.5. The van der Waals surface area contributed by atoms with Crippen molar-refractivity contribution >= 4 is 11.3 Å². The van der Waals surface area contributed by atoms with Crippen molar-refractivity contribution in [1.82, 2.24) is 0 Å². The Morgan fingerprint density at radius 2 is 2.32 bits per heavy atom. The van der Waals surface area contributed by atoms with Gasteiger partial charge in [-0.25, -0.2) is 0 Å². The highest BCUT2D eigenvalue weighted by Crippen LogP contribution is 2.39. The van der Waals surface area contributed by atoms with Gasteiger partial charge in [-0.05, 0) is 30.5 Å². The fourth-order valence-electron chi connectivity index (χ4n) is 2.45. The molecule has 3 nitrogen and oxygen atoms in total. The van der Waals surface area contributed by atoms with E-state index in [9.17, 15) is 5.11 Å². The average Bonchev–Trinajstić information content (AvgIpc) is 3.03. The number of benzene rings is 1. The predicted octanol–water partition coefficient (Wildman–Crippen LogP) is 3.16. The summed E-state index contributed by atoms with van der Waals surface area (Å²) in [6, 6.07) is 7.74. The van der Waals surface area contributed by atoms with Gasteiger partial charge in [0, 0.05) is 22.4 Å². The Morgan fingerprint density at radius 3 is 3.00 bits per heavy atom. The highest BCUT2D eigenvalue weighted by molar-refractivity contribution is 7.10. The number of hydrogen-bond donors (Lipinski definition) is 1. The monoisotopic (exact) mass is 276 g/mol. The van der Waals surface area contributed by atoms with Crippen molar-refractivity contribution in [3.8, 4) is 11.5 Å². The number of rotatable bonds is 3. The molecule has 0 spiro atoms. The Labute approximate surface area is 116 Å². The number of fused-ring (bicyclic) bond motifs is 1. The van der Waals surface area contributed by atoms with E-state index in [2.05, 4.69) is 0 Å². The van der Waals surface area contributed by atoms with Gasteiger partial charge in [0.2, 0.25) is 0 Å². The summed E-state index contributed by atoms with van der Waals surface area (Å²) >= 11 is 1.53. The molecule has 0 bridgehead atoms. The second-order valence-corrected chi connectivity index (χ2v) is 5.73. The molecule has 0 aliphatic carbocycles. The molecule has 1 aliphatic heterocycles. The van der Waals surface area contributed by atoms with Crippen molar-refractivity contribution < 1.29 is 14.6 Å². The van der Waals surface area contributed by atoms with E-state index in [-0.39, 0.29) is 6.10 Å². The van der Waals surface area contributed by atoms with Crippen LogP contribution >= 0.6 is 11.3 Å². The third-order valence-corrected chi connectivity index (χ3v) is 4.28. The summed E-state index contributed by atoms with van der Waals surface area (Å²) < 4.78 is 11.2. The molecular weight excluding hydrogens is 260 g/mol. The van der Waals surface area contributed by atoms with E-state index in [1.807, 2.05) is 36.6 Å². The summed E-state index contributed by atoms with van der Waals surface area (Å²) in [5.74, 6) is 1.58. The Kier molecular flexibility index (Phi) is 3.21. The lowest BCUT2D eigenvalue weighted by Gasteiger charge is -2.15. The summed E-state index contributed by atoms with van der Waals surface area (Å²) in [5, 5.41) is 12.4. The van der Waals surface area contributed by atoms with Gasteiger partial charge in [0.05, 0.1) is 7.11 Å². The second-order valence-electron chi connectivity index (χ2n) is 4.75. The summed E-state index contributed by atoms with van der Waals surface area (Å²) in [5.41, 5.74) is 1.91. The van der Waals surface area contributed by atoms with Crippen LogP contribution in [0.2, 0.25) is 0 Å². The molecule has 4 heteroatoms. The molecule has 0 saturated carbocycles. The van der Waals surface area contributed by atoms with Gasteiger partial charge in [-0.15, -0.1) is 11.3 Å². The van der Waals surface area contributed by atoms with E-state index in [4.69, 9.17) is 9.47 Å². The molecule has 0 saturated heterocycles. The molecule has 19 heavy (non-hydrogen) atoms. The molecule has 2 atom stereocenters. The van der Waals surface area contributed by atoms with Crippen LogP contribution in [0.5, 0.6) is 11.5 Å². The van der Waals surface area contributed by atoms with Gasteiger partial charge in [0.25, 0.3) is 0 Å². The predicted molar refractivity (Wildman–Crippen MR) is 75.2 cm³/mol. The first-order chi connectivity index (χ1) is 9.19. The van der Waals surface area contributed by atoms with E-state index in [0.29, 0.717) is 0 Å². The molecule has 2 aromatic rings. The lowest BCUT2D eigenvalue weighted by atomic mass is 10.0.